The van der Waals surface area contributed by atoms with Crippen LogP contribution in [0.1, 0.15) is 18.1 Å². The molecule has 22 heavy (non-hydrogen) atoms. The van der Waals surface area contributed by atoms with Crippen molar-refractivity contribution in [2.24, 2.45) is 0 Å². The standard InChI is InChI=1S/C16H19NO5/c1-2-22-16(15(19)20)9-17(10-16)14(18)8-11-3-4-13-12(7-11)5-6-21-13/h3-4,7H,2,5-6,8-10H2,1H3,(H,19,20). The van der Waals surface area contributed by atoms with Gasteiger partial charge in [0.2, 0.25) is 5.91 Å². The van der Waals surface area contributed by atoms with Gasteiger partial charge in [0.15, 0.2) is 5.60 Å². The van der Waals surface area contributed by atoms with Crippen LogP contribution in [0.25, 0.3) is 0 Å². The van der Waals surface area contributed by atoms with Gasteiger partial charge in [-0.15, -0.1) is 0 Å². The first kappa shape index (κ1) is 14.8. The molecule has 0 unspecified atom stereocenters. The number of carboxylic acids is 1. The van der Waals surface area contributed by atoms with Gasteiger partial charge in [0, 0.05) is 13.0 Å². The molecule has 6 nitrogen and oxygen atoms in total. The Morgan fingerprint density at radius 1 is 1.41 bits per heavy atom. The number of carbonyl (C=O) groups is 2. The molecule has 1 fully saturated rings. The molecule has 0 bridgehead atoms. The molecule has 1 aromatic rings. The van der Waals surface area contributed by atoms with Crippen molar-refractivity contribution >= 4 is 11.9 Å². The van der Waals surface area contributed by atoms with Crippen LogP contribution in [-0.2, 0) is 27.2 Å². The largest absolute Gasteiger partial charge is 0.493 e. The molecule has 1 aromatic carbocycles. The minimum absolute atomic E-state index is 0.0737. The van der Waals surface area contributed by atoms with Crippen LogP contribution in [-0.4, -0.2) is 53.8 Å². The SMILES string of the molecule is CCOC1(C(=O)O)CN(C(=O)Cc2ccc3c(c2)CCO3)C1. The fraction of sp³-hybridized carbons (Fsp3) is 0.500. The summed E-state index contributed by atoms with van der Waals surface area (Å²) >= 11 is 0. The van der Waals surface area contributed by atoms with Gasteiger partial charge in [-0.2, -0.15) is 0 Å². The van der Waals surface area contributed by atoms with Crippen molar-refractivity contribution in [2.75, 3.05) is 26.3 Å². The number of carboxylic acid groups (broad SMARTS) is 1. The maximum absolute atomic E-state index is 12.3. The quantitative estimate of drug-likeness (QED) is 0.873. The second kappa shape index (κ2) is 5.61. The number of amides is 1. The third-order valence-electron chi connectivity index (χ3n) is 4.16. The Labute approximate surface area is 128 Å². The van der Waals surface area contributed by atoms with Crippen molar-refractivity contribution in [3.63, 3.8) is 0 Å². The zero-order valence-electron chi connectivity index (χ0n) is 12.5. The van der Waals surface area contributed by atoms with E-state index in [1.807, 2.05) is 18.2 Å². The highest BCUT2D eigenvalue weighted by Crippen LogP contribution is 2.28. The van der Waals surface area contributed by atoms with E-state index in [9.17, 15) is 14.7 Å². The van der Waals surface area contributed by atoms with Gasteiger partial charge in [0.05, 0.1) is 26.1 Å². The smallest absolute Gasteiger partial charge is 0.339 e. The van der Waals surface area contributed by atoms with E-state index in [-0.39, 0.29) is 25.4 Å². The predicted molar refractivity (Wildman–Crippen MR) is 77.9 cm³/mol. The minimum Gasteiger partial charge on any atom is -0.493 e. The third-order valence-corrected chi connectivity index (χ3v) is 4.16. The van der Waals surface area contributed by atoms with Crippen LogP contribution in [0.4, 0.5) is 0 Å². The fourth-order valence-corrected chi connectivity index (χ4v) is 2.95. The predicted octanol–water partition coefficient (Wildman–Crippen LogP) is 0.866. The van der Waals surface area contributed by atoms with E-state index in [4.69, 9.17) is 9.47 Å². The highest BCUT2D eigenvalue weighted by atomic mass is 16.5. The maximum Gasteiger partial charge on any atom is 0.339 e. The third kappa shape index (κ3) is 2.54. The van der Waals surface area contributed by atoms with Gasteiger partial charge in [-0.1, -0.05) is 12.1 Å². The van der Waals surface area contributed by atoms with E-state index in [0.717, 1.165) is 23.3 Å². The van der Waals surface area contributed by atoms with Gasteiger partial charge in [0.25, 0.3) is 0 Å². The van der Waals surface area contributed by atoms with Crippen LogP contribution in [0.5, 0.6) is 5.75 Å². The first-order valence-electron chi connectivity index (χ1n) is 7.44. The number of nitrogens with zero attached hydrogens (tertiary/aromatic N) is 1. The van der Waals surface area contributed by atoms with E-state index in [2.05, 4.69) is 0 Å². The van der Waals surface area contributed by atoms with Crippen molar-refractivity contribution in [3.8, 4) is 5.75 Å². The highest BCUT2D eigenvalue weighted by Gasteiger charge is 2.52. The number of likely N-dealkylation sites (tertiary alicyclic amines) is 1. The second-order valence-electron chi connectivity index (χ2n) is 5.70. The van der Waals surface area contributed by atoms with Crippen LogP contribution in [0.2, 0.25) is 0 Å². The number of aliphatic carboxylic acids is 1. The van der Waals surface area contributed by atoms with Gasteiger partial charge in [-0.05, 0) is 24.1 Å². The topological polar surface area (TPSA) is 76.1 Å². The van der Waals surface area contributed by atoms with E-state index < -0.39 is 11.6 Å². The van der Waals surface area contributed by atoms with Crippen molar-refractivity contribution in [3.05, 3.63) is 29.3 Å². The highest BCUT2D eigenvalue weighted by molar-refractivity contribution is 5.86. The number of rotatable bonds is 5. The summed E-state index contributed by atoms with van der Waals surface area (Å²) in [6, 6.07) is 5.77. The molecule has 0 atom stereocenters. The van der Waals surface area contributed by atoms with Crippen LogP contribution in [0.3, 0.4) is 0 Å². The Hall–Kier alpha value is -2.08. The summed E-state index contributed by atoms with van der Waals surface area (Å²) in [6.45, 7) is 2.99. The lowest BCUT2D eigenvalue weighted by Gasteiger charge is -2.46. The van der Waals surface area contributed by atoms with Crippen molar-refractivity contribution in [1.82, 2.24) is 4.90 Å². The van der Waals surface area contributed by atoms with Crippen molar-refractivity contribution in [2.45, 2.75) is 25.4 Å². The Kier molecular flexibility index (Phi) is 3.78. The molecule has 0 saturated carbocycles. The molecule has 1 N–H and O–H groups in total. The van der Waals surface area contributed by atoms with E-state index >= 15 is 0 Å². The molecule has 2 heterocycles. The zero-order chi connectivity index (χ0) is 15.7. The van der Waals surface area contributed by atoms with Crippen LogP contribution < -0.4 is 4.74 Å². The number of benzene rings is 1. The molecule has 118 valence electrons. The minimum atomic E-state index is -1.23. The van der Waals surface area contributed by atoms with Crippen LogP contribution >= 0.6 is 0 Å². The normalized spacial score (nSPS) is 18.3. The lowest BCUT2D eigenvalue weighted by Crippen LogP contribution is -2.69. The maximum atomic E-state index is 12.3. The molecule has 6 heteroatoms. The molecule has 1 amide bonds. The summed E-state index contributed by atoms with van der Waals surface area (Å²) in [6.07, 6.45) is 1.14. The number of carbonyl (C=O) groups excluding carboxylic acids is 1. The molecule has 2 aliphatic heterocycles. The fourth-order valence-electron chi connectivity index (χ4n) is 2.95. The summed E-state index contributed by atoms with van der Waals surface area (Å²) in [7, 11) is 0. The molecular formula is C16H19NO5. The second-order valence-corrected chi connectivity index (χ2v) is 5.70. The first-order valence-corrected chi connectivity index (χ1v) is 7.44. The summed E-state index contributed by atoms with van der Waals surface area (Å²) in [5.74, 6) is -0.190. The molecule has 1 saturated heterocycles. The van der Waals surface area contributed by atoms with Gasteiger partial charge in [0.1, 0.15) is 5.75 Å². The van der Waals surface area contributed by atoms with E-state index in [1.165, 1.54) is 4.90 Å². The monoisotopic (exact) mass is 305 g/mol. The average molecular weight is 305 g/mol. The number of fused-ring (bicyclic) bond motifs is 1. The van der Waals surface area contributed by atoms with Gasteiger partial charge >= 0.3 is 5.97 Å². The number of ether oxygens (including phenoxy) is 2. The average Bonchev–Trinajstić information content (AvgIpc) is 2.89. The van der Waals surface area contributed by atoms with Gasteiger partial charge in [-0.25, -0.2) is 4.79 Å². The van der Waals surface area contributed by atoms with E-state index in [0.29, 0.717) is 13.2 Å². The first-order chi connectivity index (χ1) is 10.5. The molecule has 0 spiro atoms. The molecule has 3 rings (SSSR count). The Balaban J connectivity index is 1.61. The van der Waals surface area contributed by atoms with Crippen molar-refractivity contribution in [1.29, 1.82) is 0 Å². The Morgan fingerprint density at radius 2 is 2.18 bits per heavy atom. The molecular weight excluding hydrogens is 286 g/mol. The summed E-state index contributed by atoms with van der Waals surface area (Å²) in [4.78, 5) is 25.1. The summed E-state index contributed by atoms with van der Waals surface area (Å²) in [5.41, 5.74) is 0.831. The molecule has 0 aliphatic carbocycles. The molecule has 0 radical (unpaired) electrons. The summed E-state index contributed by atoms with van der Waals surface area (Å²) in [5, 5.41) is 9.23. The van der Waals surface area contributed by atoms with Gasteiger partial charge in [-0.3, -0.25) is 4.79 Å². The lowest BCUT2D eigenvalue weighted by atomic mass is 9.93. The molecule has 2 aliphatic rings. The number of hydrogen-bond acceptors (Lipinski definition) is 4. The zero-order valence-corrected chi connectivity index (χ0v) is 12.5. The van der Waals surface area contributed by atoms with Crippen LogP contribution in [0.15, 0.2) is 18.2 Å². The Morgan fingerprint density at radius 3 is 2.86 bits per heavy atom. The van der Waals surface area contributed by atoms with E-state index in [1.54, 1.807) is 6.92 Å². The van der Waals surface area contributed by atoms with Crippen molar-refractivity contribution < 1.29 is 24.2 Å². The number of hydrogen-bond donors (Lipinski definition) is 1. The molecule has 0 aromatic heterocycles. The van der Waals surface area contributed by atoms with Crippen LogP contribution in [0, 0.1) is 0 Å². The Bertz CT molecular complexity index is 607. The lowest BCUT2D eigenvalue weighted by molar-refractivity contribution is -0.193. The summed E-state index contributed by atoms with van der Waals surface area (Å²) < 4.78 is 10.7. The van der Waals surface area contributed by atoms with Gasteiger partial charge < -0.3 is 19.5 Å².